The van der Waals surface area contributed by atoms with Gasteiger partial charge in [0.25, 0.3) is 0 Å². The molecule has 0 aliphatic carbocycles. The van der Waals surface area contributed by atoms with Crippen molar-refractivity contribution in [2.75, 3.05) is 20.2 Å². The number of aliphatic carboxylic acids is 1. The van der Waals surface area contributed by atoms with Gasteiger partial charge in [-0.05, 0) is 32.3 Å². The quantitative estimate of drug-likeness (QED) is 0.586. The maximum absolute atomic E-state index is 12.8. The van der Waals surface area contributed by atoms with E-state index in [4.69, 9.17) is 4.74 Å². The molecule has 2 rings (SSSR count). The second-order valence-electron chi connectivity index (χ2n) is 6.94. The van der Waals surface area contributed by atoms with Crippen molar-refractivity contribution in [3.05, 3.63) is 35.9 Å². The first-order chi connectivity index (χ1) is 13.8. The lowest BCUT2D eigenvalue weighted by molar-refractivity contribution is -0.148. The van der Waals surface area contributed by atoms with Crippen LogP contribution in [0.3, 0.4) is 0 Å². The molecule has 9 nitrogen and oxygen atoms in total. The summed E-state index contributed by atoms with van der Waals surface area (Å²) >= 11 is 0. The molecule has 0 spiro atoms. The number of imide groups is 1. The molecule has 1 aromatic carbocycles. The van der Waals surface area contributed by atoms with Gasteiger partial charge in [-0.2, -0.15) is 0 Å². The number of carbonyl (C=O) groups is 4. The largest absolute Gasteiger partial charge is 0.480 e. The Balaban J connectivity index is 2.09. The highest BCUT2D eigenvalue weighted by molar-refractivity contribution is 6.02. The number of hydrogen-bond donors (Lipinski definition) is 2. The molecule has 158 valence electrons. The predicted molar refractivity (Wildman–Crippen MR) is 104 cm³/mol. The molecule has 29 heavy (non-hydrogen) atoms. The third-order valence-corrected chi connectivity index (χ3v) is 4.77. The van der Waals surface area contributed by atoms with Gasteiger partial charge >= 0.3 is 18.0 Å². The average molecular weight is 405 g/mol. The average Bonchev–Trinajstić information content (AvgIpc) is 3.00. The van der Waals surface area contributed by atoms with Crippen LogP contribution in [0.5, 0.6) is 0 Å². The molecule has 3 amide bonds. The molecule has 2 N–H and O–H groups in total. The summed E-state index contributed by atoms with van der Waals surface area (Å²) in [5, 5.41) is 12.2. The summed E-state index contributed by atoms with van der Waals surface area (Å²) < 4.78 is 5.10. The number of nitrogens with one attached hydrogen (secondary N) is 1. The SMILES string of the molecule is CCOC(=O)[C@H](CCc1ccccc1)N[C@H](C)C(=O)N1C(=O)N(C)C[C@H]1C(=O)O. The first-order valence-electron chi connectivity index (χ1n) is 9.53. The molecular formula is C20H27N3O6. The molecule has 1 saturated heterocycles. The van der Waals surface area contributed by atoms with E-state index in [9.17, 15) is 24.3 Å². The van der Waals surface area contributed by atoms with Crippen LogP contribution >= 0.6 is 0 Å². The van der Waals surface area contributed by atoms with Gasteiger partial charge in [0.1, 0.15) is 6.04 Å². The van der Waals surface area contributed by atoms with Gasteiger partial charge in [0, 0.05) is 7.05 Å². The zero-order valence-electron chi connectivity index (χ0n) is 16.8. The van der Waals surface area contributed by atoms with E-state index < -0.39 is 42.0 Å². The number of aryl methyl sites for hydroxylation is 1. The van der Waals surface area contributed by atoms with Gasteiger partial charge in [0.2, 0.25) is 5.91 Å². The Morgan fingerprint density at radius 2 is 1.93 bits per heavy atom. The van der Waals surface area contributed by atoms with Crippen molar-refractivity contribution in [1.82, 2.24) is 15.1 Å². The predicted octanol–water partition coefficient (Wildman–Crippen LogP) is 0.876. The van der Waals surface area contributed by atoms with Crippen LogP contribution in [0.4, 0.5) is 4.79 Å². The molecule has 1 heterocycles. The lowest BCUT2D eigenvalue weighted by atomic mass is 10.0. The van der Waals surface area contributed by atoms with Crippen molar-refractivity contribution in [2.24, 2.45) is 0 Å². The second-order valence-corrected chi connectivity index (χ2v) is 6.94. The van der Waals surface area contributed by atoms with Crippen molar-refractivity contribution < 1.29 is 29.0 Å². The summed E-state index contributed by atoms with van der Waals surface area (Å²) in [5.74, 6) is -2.45. The zero-order valence-corrected chi connectivity index (χ0v) is 16.8. The van der Waals surface area contributed by atoms with E-state index in [1.54, 1.807) is 6.92 Å². The number of nitrogens with zero attached hydrogens (tertiary/aromatic N) is 2. The lowest BCUT2D eigenvalue weighted by Crippen LogP contribution is -2.54. The van der Waals surface area contributed by atoms with Crippen LogP contribution in [-0.2, 0) is 25.5 Å². The number of carboxylic acids is 1. The normalized spacial score (nSPS) is 18.4. The van der Waals surface area contributed by atoms with E-state index in [1.165, 1.54) is 18.9 Å². The number of rotatable bonds is 9. The van der Waals surface area contributed by atoms with Crippen molar-refractivity contribution in [3.63, 3.8) is 0 Å². The fourth-order valence-corrected chi connectivity index (χ4v) is 3.22. The van der Waals surface area contributed by atoms with Crippen LogP contribution in [0.1, 0.15) is 25.8 Å². The Kier molecular flexibility index (Phi) is 7.72. The number of benzene rings is 1. The van der Waals surface area contributed by atoms with Crippen molar-refractivity contribution >= 4 is 23.9 Å². The van der Waals surface area contributed by atoms with Crippen LogP contribution in [0.15, 0.2) is 30.3 Å². The van der Waals surface area contributed by atoms with Gasteiger partial charge in [0.05, 0.1) is 19.2 Å². The monoisotopic (exact) mass is 405 g/mol. The third-order valence-electron chi connectivity index (χ3n) is 4.77. The summed E-state index contributed by atoms with van der Waals surface area (Å²) in [4.78, 5) is 50.8. The molecule has 3 atom stereocenters. The maximum atomic E-state index is 12.8. The molecule has 0 saturated carbocycles. The second kappa shape index (κ2) is 10.0. The van der Waals surface area contributed by atoms with Gasteiger partial charge < -0.3 is 14.7 Å². The molecule has 0 aromatic heterocycles. The van der Waals surface area contributed by atoms with E-state index in [0.717, 1.165) is 10.5 Å². The molecule has 1 aliphatic heterocycles. The Morgan fingerprint density at radius 1 is 1.28 bits per heavy atom. The van der Waals surface area contributed by atoms with Crippen molar-refractivity contribution in [3.8, 4) is 0 Å². The minimum Gasteiger partial charge on any atom is -0.480 e. The Labute approximate surface area is 169 Å². The number of carboxylic acid groups (broad SMARTS) is 1. The number of carbonyl (C=O) groups excluding carboxylic acids is 3. The van der Waals surface area contributed by atoms with E-state index in [-0.39, 0.29) is 13.2 Å². The van der Waals surface area contributed by atoms with Gasteiger partial charge in [-0.25, -0.2) is 14.5 Å². The van der Waals surface area contributed by atoms with Gasteiger partial charge in [-0.1, -0.05) is 30.3 Å². The van der Waals surface area contributed by atoms with Crippen LogP contribution in [0, 0.1) is 0 Å². The van der Waals surface area contributed by atoms with Crippen molar-refractivity contribution in [1.29, 1.82) is 0 Å². The number of amides is 3. The molecule has 0 bridgehead atoms. The van der Waals surface area contributed by atoms with Gasteiger partial charge in [0.15, 0.2) is 6.04 Å². The number of likely N-dealkylation sites (N-methyl/N-ethyl adjacent to an activating group) is 1. The molecule has 9 heteroatoms. The van der Waals surface area contributed by atoms with Crippen LogP contribution in [0.25, 0.3) is 0 Å². The zero-order chi connectivity index (χ0) is 21.6. The molecule has 1 fully saturated rings. The van der Waals surface area contributed by atoms with E-state index in [1.807, 2.05) is 30.3 Å². The number of urea groups is 1. The van der Waals surface area contributed by atoms with E-state index in [0.29, 0.717) is 12.8 Å². The van der Waals surface area contributed by atoms with E-state index in [2.05, 4.69) is 5.32 Å². The summed E-state index contributed by atoms with van der Waals surface area (Å²) in [7, 11) is 1.44. The highest BCUT2D eigenvalue weighted by Gasteiger charge is 2.45. The molecule has 1 aliphatic rings. The number of hydrogen-bond acceptors (Lipinski definition) is 6. The first kappa shape index (κ1) is 22.4. The highest BCUT2D eigenvalue weighted by atomic mass is 16.5. The third kappa shape index (κ3) is 5.54. The van der Waals surface area contributed by atoms with Crippen molar-refractivity contribution in [2.45, 2.75) is 44.8 Å². The number of ether oxygens (including phenoxy) is 1. The highest BCUT2D eigenvalue weighted by Crippen LogP contribution is 2.17. The fraction of sp³-hybridized carbons (Fsp3) is 0.500. The molecule has 1 aromatic rings. The summed E-state index contributed by atoms with van der Waals surface area (Å²) in [6.07, 6.45) is 0.970. The summed E-state index contributed by atoms with van der Waals surface area (Å²) in [5.41, 5.74) is 1.03. The van der Waals surface area contributed by atoms with Crippen LogP contribution < -0.4 is 5.32 Å². The standard InChI is InChI=1S/C20H27N3O6/c1-4-29-19(27)15(11-10-14-8-6-5-7-9-14)21-13(2)17(24)23-16(18(25)26)12-22(3)20(23)28/h5-9,13,15-16,21H,4,10-12H2,1-3H3,(H,25,26)/t13-,15+,16+/m1/s1. The topological polar surface area (TPSA) is 116 Å². The molecule has 0 radical (unpaired) electrons. The van der Waals surface area contributed by atoms with Crippen LogP contribution in [-0.4, -0.2) is 77.1 Å². The first-order valence-corrected chi connectivity index (χ1v) is 9.53. The Morgan fingerprint density at radius 3 is 2.52 bits per heavy atom. The minimum absolute atomic E-state index is 0.0814. The molecular weight excluding hydrogens is 378 g/mol. The summed E-state index contributed by atoms with van der Waals surface area (Å²) in [6.45, 7) is 3.31. The smallest absolute Gasteiger partial charge is 0.328 e. The van der Waals surface area contributed by atoms with Crippen LogP contribution in [0.2, 0.25) is 0 Å². The maximum Gasteiger partial charge on any atom is 0.328 e. The Bertz CT molecular complexity index is 754. The minimum atomic E-state index is -1.26. The van der Waals surface area contributed by atoms with Gasteiger partial charge in [-0.15, -0.1) is 0 Å². The number of esters is 1. The summed E-state index contributed by atoms with van der Waals surface area (Å²) in [6, 6.07) is 5.92. The van der Waals surface area contributed by atoms with Gasteiger partial charge in [-0.3, -0.25) is 14.9 Å². The molecule has 0 unspecified atom stereocenters. The lowest BCUT2D eigenvalue weighted by Gasteiger charge is -2.26. The van der Waals surface area contributed by atoms with E-state index >= 15 is 0 Å². The fourth-order valence-electron chi connectivity index (χ4n) is 3.22. The Hall–Kier alpha value is -2.94.